The fraction of sp³-hybridized carbons (Fsp3) is 0.585. The Morgan fingerprint density at radius 2 is 1.71 bits per heavy atom. The second-order valence-electron chi connectivity index (χ2n) is 16.5. The van der Waals surface area contributed by atoms with Gasteiger partial charge in [0.2, 0.25) is 17.7 Å². The number of urea groups is 1. The molecule has 0 bridgehead atoms. The molecule has 2 saturated carbocycles. The molecule has 15 nitrogen and oxygen atoms in total. The molecule has 2 aliphatic heterocycles. The zero-order valence-corrected chi connectivity index (χ0v) is 32.6. The number of hydrogen-bond acceptors (Lipinski definition) is 9. The maximum Gasteiger partial charge on any atom is 0.315 e. The van der Waals surface area contributed by atoms with Gasteiger partial charge in [-0.25, -0.2) is 4.79 Å². The van der Waals surface area contributed by atoms with Gasteiger partial charge in [0.25, 0.3) is 5.91 Å². The number of amides is 6. The lowest BCUT2D eigenvalue weighted by Crippen LogP contribution is -2.55. The van der Waals surface area contributed by atoms with Crippen LogP contribution >= 0.6 is 0 Å². The Morgan fingerprint density at radius 3 is 2.43 bits per heavy atom. The maximum absolute atomic E-state index is 14.9. The van der Waals surface area contributed by atoms with Crippen molar-refractivity contribution in [1.82, 2.24) is 42.1 Å². The van der Waals surface area contributed by atoms with Crippen molar-refractivity contribution in [3.8, 4) is 0 Å². The SMILES string of the molecule is CC(C)(O)C1=CNNN1[C@H]1C[C@@H](C(=O)NC(CCCCNC(=O)NC2CC2)CC(N)=O)N(C(=O)[C@@H](CC2CCCCC2)NC(=O)c2ccc3ccccc3c2)C1. The van der Waals surface area contributed by atoms with Crippen LogP contribution < -0.4 is 38.0 Å². The highest BCUT2D eigenvalue weighted by Gasteiger charge is 2.47. The Labute approximate surface area is 328 Å². The molecule has 2 aromatic carbocycles. The monoisotopic (exact) mass is 773 g/mol. The molecule has 1 unspecified atom stereocenters. The maximum atomic E-state index is 14.9. The first kappa shape index (κ1) is 40.8. The first-order valence-electron chi connectivity index (χ1n) is 20.3. The van der Waals surface area contributed by atoms with Crippen molar-refractivity contribution < 1.29 is 29.1 Å². The molecule has 0 aromatic heterocycles. The van der Waals surface area contributed by atoms with Gasteiger partial charge in [-0.05, 0) is 81.2 Å². The van der Waals surface area contributed by atoms with Crippen molar-refractivity contribution in [3.63, 3.8) is 0 Å². The minimum atomic E-state index is -1.23. The van der Waals surface area contributed by atoms with E-state index in [0.717, 1.165) is 55.7 Å². The number of carbonyl (C=O) groups excluding carboxylic acids is 5. The van der Waals surface area contributed by atoms with Crippen LogP contribution in [0.4, 0.5) is 4.79 Å². The van der Waals surface area contributed by atoms with E-state index in [-0.39, 0.29) is 49.2 Å². The zero-order valence-electron chi connectivity index (χ0n) is 32.6. The average Bonchev–Trinajstić information content (AvgIpc) is 3.62. The zero-order chi connectivity index (χ0) is 39.8. The summed E-state index contributed by atoms with van der Waals surface area (Å²) in [5.74, 6) is -1.46. The van der Waals surface area contributed by atoms with Gasteiger partial charge in [0.1, 0.15) is 17.7 Å². The van der Waals surface area contributed by atoms with Crippen LogP contribution in [0.1, 0.15) is 108 Å². The van der Waals surface area contributed by atoms with Gasteiger partial charge in [0.15, 0.2) is 0 Å². The van der Waals surface area contributed by atoms with Crippen molar-refractivity contribution in [1.29, 1.82) is 0 Å². The summed E-state index contributed by atoms with van der Waals surface area (Å²) < 4.78 is 0. The van der Waals surface area contributed by atoms with Crippen LogP contribution in [0.3, 0.4) is 0 Å². The second-order valence-corrected chi connectivity index (χ2v) is 16.5. The van der Waals surface area contributed by atoms with E-state index < -0.39 is 41.6 Å². The number of hydrazine groups is 2. The summed E-state index contributed by atoms with van der Waals surface area (Å²) in [4.78, 5) is 68.8. The largest absolute Gasteiger partial charge is 0.384 e. The van der Waals surface area contributed by atoms with E-state index in [1.807, 2.05) is 36.4 Å². The summed E-state index contributed by atoms with van der Waals surface area (Å²) in [7, 11) is 0. The molecular formula is C41H59N9O6. The smallest absolute Gasteiger partial charge is 0.315 e. The van der Waals surface area contributed by atoms with E-state index in [1.54, 1.807) is 36.0 Å². The Balaban J connectivity index is 1.20. The van der Waals surface area contributed by atoms with Crippen molar-refractivity contribution in [2.45, 2.75) is 133 Å². The number of likely N-dealkylation sites (tertiary alicyclic amines) is 1. The molecule has 4 atom stereocenters. The number of aliphatic hydroxyl groups is 1. The minimum absolute atomic E-state index is 0.0826. The molecule has 304 valence electrons. The predicted octanol–water partition coefficient (Wildman–Crippen LogP) is 2.81. The quantitative estimate of drug-likeness (QED) is 0.111. The number of unbranched alkanes of at least 4 members (excludes halogenated alkanes) is 1. The lowest BCUT2D eigenvalue weighted by Gasteiger charge is -2.34. The molecule has 4 aliphatic rings. The first-order chi connectivity index (χ1) is 26.9. The Hall–Kier alpha value is -4.89. The normalized spacial score (nSPS) is 21.2. The third kappa shape index (κ3) is 10.9. The lowest BCUT2D eigenvalue weighted by atomic mass is 9.84. The number of nitrogens with zero attached hydrogens (tertiary/aromatic N) is 2. The number of primary amides is 1. The summed E-state index contributed by atoms with van der Waals surface area (Å²) >= 11 is 0. The average molecular weight is 774 g/mol. The fourth-order valence-electron chi connectivity index (χ4n) is 8.25. The van der Waals surface area contributed by atoms with Gasteiger partial charge in [0, 0.05) is 49.8 Å². The number of fused-ring (bicyclic) bond motifs is 1. The highest BCUT2D eigenvalue weighted by molar-refractivity contribution is 6.01. The highest BCUT2D eigenvalue weighted by Crippen LogP contribution is 2.32. The van der Waals surface area contributed by atoms with Crippen molar-refractivity contribution in [2.75, 3.05) is 13.1 Å². The topological polar surface area (TPSA) is 210 Å². The molecule has 3 fully saturated rings. The second kappa shape index (κ2) is 18.4. The molecule has 0 radical (unpaired) electrons. The van der Waals surface area contributed by atoms with Gasteiger partial charge in [-0.3, -0.25) is 24.2 Å². The number of carbonyl (C=O) groups is 5. The molecule has 0 spiro atoms. The van der Waals surface area contributed by atoms with Crippen LogP contribution in [-0.2, 0) is 14.4 Å². The Bertz CT molecular complexity index is 1770. The summed E-state index contributed by atoms with van der Waals surface area (Å²) in [5.41, 5.74) is 11.4. The van der Waals surface area contributed by atoms with Crippen LogP contribution in [0, 0.1) is 5.92 Å². The number of hydrogen-bond donors (Lipinski definition) is 8. The van der Waals surface area contributed by atoms with Gasteiger partial charge in [0.05, 0.1) is 11.7 Å². The fourth-order valence-corrected chi connectivity index (χ4v) is 8.25. The molecular weight excluding hydrogens is 715 g/mol. The van der Waals surface area contributed by atoms with E-state index in [1.165, 1.54) is 0 Å². The minimum Gasteiger partial charge on any atom is -0.384 e. The standard InChI is InChI=1S/C41H59N9O6/c1-41(2,56)35-24-44-48-50(35)32-23-34(38(53)45-31(22-36(42)51)14-8-9-19-43-40(55)46-30-17-18-30)49(25-32)39(54)33(20-26-10-4-3-5-11-26)47-37(52)29-16-15-27-12-6-7-13-28(27)21-29/h6-7,12-13,15-16,21,24,26,30-34,44,48,56H,3-5,8-11,14,17-20,22-23,25H2,1-2H3,(H2,42,51)(H,45,53)(H,47,52)(H2,43,46,55)/t31?,32-,33+,34-/m0/s1. The molecule has 6 amide bonds. The van der Waals surface area contributed by atoms with Crippen molar-refractivity contribution >= 4 is 40.4 Å². The van der Waals surface area contributed by atoms with Gasteiger partial charge in [-0.15, -0.1) is 5.53 Å². The molecule has 56 heavy (non-hydrogen) atoms. The van der Waals surface area contributed by atoms with Crippen LogP contribution in [0.25, 0.3) is 10.8 Å². The van der Waals surface area contributed by atoms with Crippen molar-refractivity contribution in [3.05, 3.63) is 59.9 Å². The number of nitrogens with one attached hydrogen (secondary N) is 6. The molecule has 6 rings (SSSR count). The summed E-state index contributed by atoms with van der Waals surface area (Å²) in [6.45, 7) is 3.91. The van der Waals surface area contributed by atoms with Crippen LogP contribution in [0.5, 0.6) is 0 Å². The number of nitrogens with two attached hydrogens (primary N) is 1. The Kier molecular flexibility index (Phi) is 13.4. The third-order valence-corrected chi connectivity index (χ3v) is 11.4. The van der Waals surface area contributed by atoms with Crippen LogP contribution in [-0.4, -0.2) is 93.6 Å². The Morgan fingerprint density at radius 1 is 0.964 bits per heavy atom. The van der Waals surface area contributed by atoms with Crippen LogP contribution in [0.15, 0.2) is 54.4 Å². The van der Waals surface area contributed by atoms with Gasteiger partial charge >= 0.3 is 6.03 Å². The summed E-state index contributed by atoms with van der Waals surface area (Å²) in [6, 6.07) is 10.5. The van der Waals surface area contributed by atoms with Crippen molar-refractivity contribution in [2.24, 2.45) is 11.7 Å². The third-order valence-electron chi connectivity index (χ3n) is 11.4. The lowest BCUT2D eigenvalue weighted by molar-refractivity contribution is -0.140. The molecule has 2 aliphatic carbocycles. The van der Waals surface area contributed by atoms with Crippen LogP contribution in [0.2, 0.25) is 0 Å². The van der Waals surface area contributed by atoms with Gasteiger partial charge < -0.3 is 42.4 Å². The molecule has 15 heteroatoms. The van der Waals surface area contributed by atoms with E-state index in [0.29, 0.717) is 43.5 Å². The number of rotatable bonds is 17. The van der Waals surface area contributed by atoms with E-state index in [2.05, 4.69) is 32.2 Å². The van der Waals surface area contributed by atoms with Gasteiger partial charge in [-0.1, -0.05) is 62.4 Å². The molecule has 2 heterocycles. The highest BCUT2D eigenvalue weighted by atomic mass is 16.3. The molecule has 2 aromatic rings. The summed E-state index contributed by atoms with van der Waals surface area (Å²) in [6.07, 6.45) is 11.1. The molecule has 9 N–H and O–H groups in total. The van der Waals surface area contributed by atoms with E-state index in [9.17, 15) is 29.1 Å². The van der Waals surface area contributed by atoms with Gasteiger partial charge in [-0.2, -0.15) is 0 Å². The number of benzene rings is 2. The van der Waals surface area contributed by atoms with E-state index in [4.69, 9.17) is 5.73 Å². The predicted molar refractivity (Wildman–Crippen MR) is 212 cm³/mol. The first-order valence-corrected chi connectivity index (χ1v) is 20.3. The molecule has 1 saturated heterocycles. The van der Waals surface area contributed by atoms with E-state index >= 15 is 0 Å². The summed E-state index contributed by atoms with van der Waals surface area (Å²) in [5, 5.41) is 26.5.